The quantitative estimate of drug-likeness (QED) is 0.734. The minimum Gasteiger partial charge on any atom is -0.455 e. The van der Waals surface area contributed by atoms with Gasteiger partial charge in [-0.05, 0) is 61.7 Å². The van der Waals surface area contributed by atoms with Crippen molar-refractivity contribution in [1.82, 2.24) is 9.80 Å². The van der Waals surface area contributed by atoms with Crippen molar-refractivity contribution in [2.45, 2.75) is 30.9 Å². The summed E-state index contributed by atoms with van der Waals surface area (Å²) in [6.45, 7) is 3.26. The topological polar surface area (TPSA) is 28.1 Å². The normalized spacial score (nSPS) is 26.9. The van der Waals surface area contributed by atoms with Crippen LogP contribution < -0.4 is 0 Å². The third-order valence-electron chi connectivity index (χ3n) is 6.27. The maximum atomic E-state index is 14.1. The molecule has 0 aliphatic carbocycles. The maximum absolute atomic E-state index is 14.1. The Morgan fingerprint density at radius 1 is 1.10 bits per heavy atom. The molecule has 1 saturated heterocycles. The Kier molecular flexibility index (Phi) is 4.54. The van der Waals surface area contributed by atoms with Gasteiger partial charge in [0.05, 0.1) is 12.6 Å². The lowest BCUT2D eigenvalue weighted by atomic mass is 9.88. The van der Waals surface area contributed by atoms with E-state index in [1.807, 2.05) is 18.2 Å². The fourth-order valence-electron chi connectivity index (χ4n) is 5.02. The van der Waals surface area contributed by atoms with Gasteiger partial charge >= 0.3 is 0 Å². The molecule has 0 aromatic heterocycles. The largest absolute Gasteiger partial charge is 0.455 e. The van der Waals surface area contributed by atoms with Gasteiger partial charge in [0.1, 0.15) is 17.2 Å². The van der Waals surface area contributed by atoms with Crippen LogP contribution in [0.4, 0.5) is 8.78 Å². The van der Waals surface area contributed by atoms with Crippen molar-refractivity contribution in [2.24, 2.45) is 4.99 Å². The predicted octanol–water partition coefficient (Wildman–Crippen LogP) is 3.76. The summed E-state index contributed by atoms with van der Waals surface area (Å²) in [5.41, 5.74) is 2.56. The van der Waals surface area contributed by atoms with Gasteiger partial charge in [-0.25, -0.2) is 13.8 Å². The molecular weight excluding hydrogens is 372 g/mol. The SMILES string of the molecule is CN1CCC[C@@]2(CN=C(N3CCc4ccccc4[C@H]3c3cc(F)cc(F)c3)O2)C1. The summed E-state index contributed by atoms with van der Waals surface area (Å²) >= 11 is 0. The van der Waals surface area contributed by atoms with E-state index in [2.05, 4.69) is 22.9 Å². The summed E-state index contributed by atoms with van der Waals surface area (Å²) in [4.78, 5) is 9.14. The molecule has 0 unspecified atom stereocenters. The third-order valence-corrected chi connectivity index (χ3v) is 6.27. The highest BCUT2D eigenvalue weighted by molar-refractivity contribution is 5.78. The number of rotatable bonds is 1. The fourth-order valence-corrected chi connectivity index (χ4v) is 5.02. The molecule has 0 saturated carbocycles. The first-order valence-electron chi connectivity index (χ1n) is 10.3. The Morgan fingerprint density at radius 2 is 1.90 bits per heavy atom. The molecule has 3 aliphatic rings. The molecule has 3 heterocycles. The van der Waals surface area contributed by atoms with E-state index in [-0.39, 0.29) is 11.6 Å². The average molecular weight is 397 g/mol. The molecule has 152 valence electrons. The van der Waals surface area contributed by atoms with Gasteiger partial charge in [-0.2, -0.15) is 0 Å². The van der Waals surface area contributed by atoms with E-state index in [4.69, 9.17) is 9.73 Å². The Bertz CT molecular complexity index is 943. The molecule has 0 bridgehead atoms. The van der Waals surface area contributed by atoms with E-state index < -0.39 is 11.6 Å². The molecular formula is C23H25F2N3O. The molecule has 6 heteroatoms. The van der Waals surface area contributed by atoms with Crippen molar-refractivity contribution in [2.75, 3.05) is 33.2 Å². The number of likely N-dealkylation sites (N-methyl/N-ethyl adjacent to an activating group) is 1. The standard InChI is InChI=1S/C23H25F2N3O/c1-27-9-4-8-23(15-27)14-26-22(29-23)28-10-7-16-5-2-3-6-20(16)21(28)17-11-18(24)13-19(25)12-17/h2-3,5-6,11-13,21H,4,7-10,14-15H2,1H3/t21-,23-/m1/s1. The van der Waals surface area contributed by atoms with E-state index in [0.717, 1.165) is 44.0 Å². The van der Waals surface area contributed by atoms with Gasteiger partial charge in [0.2, 0.25) is 0 Å². The van der Waals surface area contributed by atoms with Crippen LogP contribution in [-0.2, 0) is 11.2 Å². The molecule has 0 N–H and O–H groups in total. The first kappa shape index (κ1) is 18.6. The van der Waals surface area contributed by atoms with Gasteiger partial charge in [-0.15, -0.1) is 0 Å². The number of amidine groups is 1. The number of likely N-dealkylation sites (tertiary alicyclic amines) is 1. The summed E-state index contributed by atoms with van der Waals surface area (Å²) < 4.78 is 34.6. The lowest BCUT2D eigenvalue weighted by molar-refractivity contribution is 0.000250. The fraction of sp³-hybridized carbons (Fsp3) is 0.435. The van der Waals surface area contributed by atoms with E-state index in [0.29, 0.717) is 24.7 Å². The predicted molar refractivity (Wildman–Crippen MR) is 108 cm³/mol. The molecule has 2 aromatic carbocycles. The number of hydrogen-bond donors (Lipinski definition) is 0. The van der Waals surface area contributed by atoms with E-state index in [1.54, 1.807) is 0 Å². The van der Waals surface area contributed by atoms with Crippen LogP contribution >= 0.6 is 0 Å². The second-order valence-electron chi connectivity index (χ2n) is 8.47. The molecule has 4 nitrogen and oxygen atoms in total. The van der Waals surface area contributed by atoms with Gasteiger partial charge < -0.3 is 14.5 Å². The molecule has 29 heavy (non-hydrogen) atoms. The lowest BCUT2D eigenvalue weighted by Gasteiger charge is -2.41. The molecule has 2 aromatic rings. The summed E-state index contributed by atoms with van der Waals surface area (Å²) in [6.07, 6.45) is 2.91. The zero-order chi connectivity index (χ0) is 20.0. The van der Waals surface area contributed by atoms with Crippen LogP contribution in [-0.4, -0.2) is 54.6 Å². The van der Waals surface area contributed by atoms with Gasteiger partial charge in [0.25, 0.3) is 6.02 Å². The zero-order valence-corrected chi connectivity index (χ0v) is 16.6. The summed E-state index contributed by atoms with van der Waals surface area (Å²) in [7, 11) is 2.11. The van der Waals surface area contributed by atoms with Gasteiger partial charge in [0.15, 0.2) is 0 Å². The van der Waals surface area contributed by atoms with Gasteiger partial charge in [-0.3, -0.25) is 0 Å². The number of fused-ring (bicyclic) bond motifs is 1. The highest BCUT2D eigenvalue weighted by Gasteiger charge is 2.44. The van der Waals surface area contributed by atoms with Crippen LogP contribution in [0.5, 0.6) is 0 Å². The van der Waals surface area contributed by atoms with Crippen molar-refractivity contribution in [1.29, 1.82) is 0 Å². The smallest absolute Gasteiger partial charge is 0.288 e. The van der Waals surface area contributed by atoms with Crippen molar-refractivity contribution in [3.63, 3.8) is 0 Å². The minimum atomic E-state index is -0.567. The molecule has 0 radical (unpaired) electrons. The molecule has 0 amide bonds. The first-order chi connectivity index (χ1) is 14.0. The second kappa shape index (κ2) is 7.10. The van der Waals surface area contributed by atoms with Crippen molar-refractivity contribution in [3.05, 3.63) is 70.8 Å². The average Bonchev–Trinajstić information content (AvgIpc) is 3.09. The molecule has 2 atom stereocenters. The van der Waals surface area contributed by atoms with Gasteiger partial charge in [-0.1, -0.05) is 24.3 Å². The molecule has 5 rings (SSSR count). The number of nitrogens with zero attached hydrogens (tertiary/aromatic N) is 3. The molecule has 1 fully saturated rings. The van der Waals surface area contributed by atoms with Crippen molar-refractivity contribution < 1.29 is 13.5 Å². The van der Waals surface area contributed by atoms with Crippen LogP contribution in [0.2, 0.25) is 0 Å². The van der Waals surface area contributed by atoms with E-state index in [9.17, 15) is 8.78 Å². The van der Waals surface area contributed by atoms with E-state index >= 15 is 0 Å². The van der Waals surface area contributed by atoms with E-state index in [1.165, 1.54) is 17.7 Å². The number of hydrogen-bond acceptors (Lipinski definition) is 4. The number of aliphatic imine (C=N–C) groups is 1. The zero-order valence-electron chi connectivity index (χ0n) is 16.6. The number of benzene rings is 2. The minimum absolute atomic E-state index is 0.281. The van der Waals surface area contributed by atoms with Crippen LogP contribution in [0, 0.1) is 11.6 Å². The van der Waals surface area contributed by atoms with Crippen LogP contribution in [0.15, 0.2) is 47.5 Å². The Balaban J connectivity index is 1.52. The Hall–Kier alpha value is -2.47. The highest BCUT2D eigenvalue weighted by atomic mass is 19.1. The lowest BCUT2D eigenvalue weighted by Crippen LogP contribution is -2.51. The summed E-state index contributed by atoms with van der Waals surface area (Å²) in [5.74, 6) is -1.13. The van der Waals surface area contributed by atoms with Crippen molar-refractivity contribution >= 4 is 6.02 Å². The number of halogens is 2. The molecule has 3 aliphatic heterocycles. The maximum Gasteiger partial charge on any atom is 0.288 e. The van der Waals surface area contributed by atoms with Crippen molar-refractivity contribution in [3.8, 4) is 0 Å². The highest BCUT2D eigenvalue weighted by Crippen LogP contribution is 2.39. The Morgan fingerprint density at radius 3 is 2.69 bits per heavy atom. The number of piperidine rings is 1. The Labute approximate surface area is 169 Å². The summed E-state index contributed by atoms with van der Waals surface area (Å²) in [6, 6.07) is 12.1. The van der Waals surface area contributed by atoms with Crippen LogP contribution in [0.1, 0.15) is 35.6 Å². The van der Waals surface area contributed by atoms with Crippen LogP contribution in [0.25, 0.3) is 0 Å². The van der Waals surface area contributed by atoms with Crippen LogP contribution in [0.3, 0.4) is 0 Å². The number of ether oxygens (including phenoxy) is 1. The molecule has 1 spiro atoms. The first-order valence-corrected chi connectivity index (χ1v) is 10.3. The summed E-state index contributed by atoms with van der Waals surface area (Å²) in [5, 5.41) is 0. The monoisotopic (exact) mass is 397 g/mol. The van der Waals surface area contributed by atoms with Gasteiger partial charge in [0, 0.05) is 19.2 Å². The second-order valence-corrected chi connectivity index (χ2v) is 8.47. The third kappa shape index (κ3) is 3.39.